The number of morpholine rings is 1. The van der Waals surface area contributed by atoms with E-state index in [1.807, 2.05) is 18.2 Å². The number of benzene rings is 1. The van der Waals surface area contributed by atoms with E-state index >= 15 is 0 Å². The lowest BCUT2D eigenvalue weighted by molar-refractivity contribution is 0.0418. The summed E-state index contributed by atoms with van der Waals surface area (Å²) >= 11 is 8.08. The first kappa shape index (κ1) is 14.0. The molecular formula is C17H15ClN2OS. The molecule has 0 N–H and O–H groups in total. The lowest BCUT2D eigenvalue weighted by Crippen LogP contribution is -2.38. The van der Waals surface area contributed by atoms with Crippen molar-refractivity contribution in [3.05, 3.63) is 57.9 Å². The van der Waals surface area contributed by atoms with Gasteiger partial charge in [0.25, 0.3) is 0 Å². The van der Waals surface area contributed by atoms with Crippen LogP contribution in [0.25, 0.3) is 10.8 Å². The number of ether oxygens (including phenoxy) is 1. The lowest BCUT2D eigenvalue weighted by Gasteiger charge is -2.33. The number of nitrogens with zero attached hydrogens (tertiary/aromatic N) is 2. The molecule has 112 valence electrons. The minimum Gasteiger partial charge on any atom is -0.369 e. The van der Waals surface area contributed by atoms with E-state index in [0.29, 0.717) is 11.8 Å². The number of rotatable bonds is 2. The van der Waals surface area contributed by atoms with E-state index in [1.54, 1.807) is 11.3 Å². The summed E-state index contributed by atoms with van der Waals surface area (Å²) in [5, 5.41) is 4.77. The molecule has 4 rings (SSSR count). The Balaban J connectivity index is 1.66. The Morgan fingerprint density at radius 1 is 1.23 bits per heavy atom. The van der Waals surface area contributed by atoms with Gasteiger partial charge in [-0.25, -0.2) is 4.98 Å². The Hall–Kier alpha value is -1.62. The molecule has 1 aliphatic heterocycles. The molecule has 0 saturated carbocycles. The van der Waals surface area contributed by atoms with E-state index in [9.17, 15) is 0 Å². The fourth-order valence-corrected chi connectivity index (χ4v) is 3.83. The quantitative estimate of drug-likeness (QED) is 0.646. The van der Waals surface area contributed by atoms with E-state index in [4.69, 9.17) is 16.3 Å². The Kier molecular flexibility index (Phi) is 3.74. The van der Waals surface area contributed by atoms with E-state index in [0.717, 1.165) is 29.7 Å². The molecule has 0 radical (unpaired) electrons. The molecule has 2 aromatic heterocycles. The molecule has 1 atom stereocenters. The summed E-state index contributed by atoms with van der Waals surface area (Å²) in [6, 6.07) is 14.4. The molecule has 1 fully saturated rings. The summed E-state index contributed by atoms with van der Waals surface area (Å²) in [7, 11) is 0. The Labute approximate surface area is 138 Å². The largest absolute Gasteiger partial charge is 0.369 e. The number of hydrogen-bond donors (Lipinski definition) is 0. The Morgan fingerprint density at radius 2 is 2.14 bits per heavy atom. The lowest BCUT2D eigenvalue weighted by atomic mass is 10.1. The van der Waals surface area contributed by atoms with Crippen LogP contribution in [-0.4, -0.2) is 24.7 Å². The van der Waals surface area contributed by atoms with Crippen molar-refractivity contribution in [3.63, 3.8) is 0 Å². The van der Waals surface area contributed by atoms with E-state index in [1.165, 1.54) is 4.88 Å². The number of halogens is 1. The second-order valence-corrected chi connectivity index (χ2v) is 6.65. The number of anilines is 1. The predicted octanol–water partition coefficient (Wildman–Crippen LogP) is 4.53. The van der Waals surface area contributed by atoms with Crippen LogP contribution in [0.1, 0.15) is 11.0 Å². The van der Waals surface area contributed by atoms with Crippen LogP contribution in [0.5, 0.6) is 0 Å². The van der Waals surface area contributed by atoms with E-state index < -0.39 is 0 Å². The SMILES string of the molecule is Clc1nc(N2CCOC(c3cccs3)C2)cc2ccccc12. The monoisotopic (exact) mass is 330 g/mol. The fourth-order valence-electron chi connectivity index (χ4n) is 2.81. The molecule has 1 aliphatic rings. The van der Waals surface area contributed by atoms with Crippen molar-refractivity contribution in [3.8, 4) is 0 Å². The van der Waals surface area contributed by atoms with Crippen molar-refractivity contribution in [1.82, 2.24) is 4.98 Å². The van der Waals surface area contributed by atoms with Gasteiger partial charge in [0.1, 0.15) is 17.1 Å². The minimum atomic E-state index is 0.112. The van der Waals surface area contributed by atoms with Gasteiger partial charge in [0, 0.05) is 16.8 Å². The highest BCUT2D eigenvalue weighted by molar-refractivity contribution is 7.10. The van der Waals surface area contributed by atoms with E-state index in [2.05, 4.69) is 39.5 Å². The standard InChI is InChI=1S/C17H15ClN2OS/c18-17-13-5-2-1-4-12(13)10-16(19-17)20-7-8-21-14(11-20)15-6-3-9-22-15/h1-6,9-10,14H,7-8,11H2. The van der Waals surface area contributed by atoms with Crippen LogP contribution in [0.15, 0.2) is 47.8 Å². The third-order valence-corrected chi connectivity index (χ3v) is 5.18. The summed E-state index contributed by atoms with van der Waals surface area (Å²) in [4.78, 5) is 8.10. The van der Waals surface area contributed by atoms with Crippen LogP contribution in [0.2, 0.25) is 5.15 Å². The summed E-state index contributed by atoms with van der Waals surface area (Å²) in [6.45, 7) is 2.35. The minimum absolute atomic E-state index is 0.112. The fraction of sp³-hybridized carbons (Fsp3) is 0.235. The van der Waals surface area contributed by atoms with E-state index in [-0.39, 0.29) is 6.10 Å². The summed E-state index contributed by atoms with van der Waals surface area (Å²) < 4.78 is 5.90. The maximum Gasteiger partial charge on any atom is 0.139 e. The van der Waals surface area contributed by atoms with Crippen molar-refractivity contribution in [2.75, 3.05) is 24.6 Å². The highest BCUT2D eigenvalue weighted by Crippen LogP contribution is 2.31. The summed E-state index contributed by atoms with van der Waals surface area (Å²) in [5.41, 5.74) is 0. The molecule has 3 nitrogen and oxygen atoms in total. The molecule has 5 heteroatoms. The van der Waals surface area contributed by atoms with Crippen LogP contribution in [0, 0.1) is 0 Å². The van der Waals surface area contributed by atoms with Gasteiger partial charge < -0.3 is 9.64 Å². The molecule has 22 heavy (non-hydrogen) atoms. The third kappa shape index (κ3) is 2.58. The first-order chi connectivity index (χ1) is 10.8. The highest BCUT2D eigenvalue weighted by Gasteiger charge is 2.24. The number of hydrogen-bond acceptors (Lipinski definition) is 4. The van der Waals surface area contributed by atoms with Gasteiger partial charge in [-0.1, -0.05) is 41.9 Å². The molecular weight excluding hydrogens is 316 g/mol. The zero-order chi connectivity index (χ0) is 14.9. The molecule has 0 amide bonds. The van der Waals surface area contributed by atoms with Crippen LogP contribution < -0.4 is 4.90 Å². The molecule has 3 heterocycles. The molecule has 0 bridgehead atoms. The van der Waals surface area contributed by atoms with Gasteiger partial charge in [-0.15, -0.1) is 11.3 Å². The van der Waals surface area contributed by atoms with Crippen molar-refractivity contribution in [2.45, 2.75) is 6.10 Å². The Morgan fingerprint density at radius 3 is 3.00 bits per heavy atom. The highest BCUT2D eigenvalue weighted by atomic mass is 35.5. The number of thiophene rings is 1. The first-order valence-electron chi connectivity index (χ1n) is 7.26. The van der Waals surface area contributed by atoms with Crippen molar-refractivity contribution in [2.24, 2.45) is 0 Å². The number of aromatic nitrogens is 1. The van der Waals surface area contributed by atoms with Gasteiger partial charge in [-0.05, 0) is 22.9 Å². The molecule has 1 saturated heterocycles. The second-order valence-electron chi connectivity index (χ2n) is 5.31. The van der Waals surface area contributed by atoms with Crippen molar-refractivity contribution in [1.29, 1.82) is 0 Å². The summed E-state index contributed by atoms with van der Waals surface area (Å²) in [6.07, 6.45) is 0.112. The molecule has 1 unspecified atom stereocenters. The normalized spacial score (nSPS) is 18.8. The summed E-state index contributed by atoms with van der Waals surface area (Å²) in [5.74, 6) is 0.925. The third-order valence-electron chi connectivity index (χ3n) is 3.93. The molecule has 0 aliphatic carbocycles. The topological polar surface area (TPSA) is 25.4 Å². The average Bonchev–Trinajstić information content (AvgIpc) is 3.09. The van der Waals surface area contributed by atoms with Gasteiger partial charge in [-0.3, -0.25) is 0 Å². The van der Waals surface area contributed by atoms with Gasteiger partial charge in [0.2, 0.25) is 0 Å². The molecule has 0 spiro atoms. The first-order valence-corrected chi connectivity index (χ1v) is 8.52. The smallest absolute Gasteiger partial charge is 0.139 e. The van der Waals surface area contributed by atoms with Crippen LogP contribution in [0.3, 0.4) is 0 Å². The van der Waals surface area contributed by atoms with Gasteiger partial charge in [0.15, 0.2) is 0 Å². The average molecular weight is 331 g/mol. The number of pyridine rings is 1. The van der Waals surface area contributed by atoms with Gasteiger partial charge in [-0.2, -0.15) is 0 Å². The Bertz CT molecular complexity index is 790. The maximum absolute atomic E-state index is 6.35. The zero-order valence-corrected chi connectivity index (χ0v) is 13.5. The van der Waals surface area contributed by atoms with Crippen LogP contribution in [0.4, 0.5) is 5.82 Å². The zero-order valence-electron chi connectivity index (χ0n) is 11.9. The maximum atomic E-state index is 6.35. The number of fused-ring (bicyclic) bond motifs is 1. The van der Waals surface area contributed by atoms with Crippen molar-refractivity contribution < 1.29 is 4.74 Å². The predicted molar refractivity (Wildman–Crippen MR) is 92.0 cm³/mol. The van der Waals surface area contributed by atoms with Gasteiger partial charge in [0.05, 0.1) is 13.2 Å². The van der Waals surface area contributed by atoms with Crippen molar-refractivity contribution >= 4 is 39.5 Å². The van der Waals surface area contributed by atoms with Gasteiger partial charge >= 0.3 is 0 Å². The van der Waals surface area contributed by atoms with Crippen LogP contribution in [-0.2, 0) is 4.74 Å². The second kappa shape index (κ2) is 5.88. The van der Waals surface area contributed by atoms with Crippen LogP contribution >= 0.6 is 22.9 Å². The molecule has 1 aromatic carbocycles. The molecule has 3 aromatic rings.